The second-order valence-corrected chi connectivity index (χ2v) is 6.36. The van der Waals surface area contributed by atoms with Crippen LogP contribution in [0.2, 0.25) is 0 Å². The average Bonchev–Trinajstić information content (AvgIpc) is 2.90. The number of hydrogen-bond acceptors (Lipinski definition) is 1. The number of alkyl halides is 1. The predicted octanol–water partition coefficient (Wildman–Crippen LogP) is 3.81. The molecule has 0 unspecified atom stereocenters. The van der Waals surface area contributed by atoms with E-state index in [1.807, 2.05) is 0 Å². The van der Waals surface area contributed by atoms with Crippen LogP contribution in [0, 0.1) is 5.92 Å². The summed E-state index contributed by atoms with van der Waals surface area (Å²) in [5, 5.41) is 0.856. The normalized spacial score (nSPS) is 14.6. The molecule has 1 amide bonds. The largest absolute Gasteiger partial charge is 0.339 e. The van der Waals surface area contributed by atoms with Crippen LogP contribution in [0.1, 0.15) is 37.8 Å². The van der Waals surface area contributed by atoms with Crippen LogP contribution in [0.4, 0.5) is 0 Å². The number of halogens is 1. The van der Waals surface area contributed by atoms with E-state index in [0.717, 1.165) is 37.6 Å². The molecule has 0 N–H and O–H groups in total. The van der Waals surface area contributed by atoms with E-state index >= 15 is 0 Å². The van der Waals surface area contributed by atoms with E-state index in [4.69, 9.17) is 0 Å². The second kappa shape index (κ2) is 7.26. The number of carbonyl (C=O) groups is 1. The van der Waals surface area contributed by atoms with Gasteiger partial charge in [0.25, 0.3) is 0 Å². The van der Waals surface area contributed by atoms with Crippen LogP contribution in [0.3, 0.4) is 0 Å². The number of rotatable bonds is 6. The molecular formula is C17H24BrNO. The first kappa shape index (κ1) is 15.6. The standard InChI is InChI=1S/C17H24BrNO/c1-3-16(4-2)19(10-9-18)17(20)15-11-13-7-5-6-8-14(13)12-15/h5-8,15-16H,3-4,9-12H2,1-2H3. The highest BCUT2D eigenvalue weighted by atomic mass is 79.9. The highest BCUT2D eigenvalue weighted by molar-refractivity contribution is 9.09. The Morgan fingerprint density at radius 1 is 1.25 bits per heavy atom. The Kier molecular flexibility index (Phi) is 5.64. The Morgan fingerprint density at radius 2 is 1.80 bits per heavy atom. The lowest BCUT2D eigenvalue weighted by atomic mass is 10.0. The van der Waals surface area contributed by atoms with Crippen LogP contribution in [0.25, 0.3) is 0 Å². The van der Waals surface area contributed by atoms with Crippen molar-refractivity contribution in [2.45, 2.75) is 45.6 Å². The summed E-state index contributed by atoms with van der Waals surface area (Å²) in [5.41, 5.74) is 2.71. The first-order valence-corrected chi connectivity index (χ1v) is 8.76. The van der Waals surface area contributed by atoms with Crippen LogP contribution < -0.4 is 0 Å². The van der Waals surface area contributed by atoms with Gasteiger partial charge in [-0.1, -0.05) is 54.0 Å². The number of hydrogen-bond donors (Lipinski definition) is 0. The third-order valence-corrected chi connectivity index (χ3v) is 4.75. The summed E-state index contributed by atoms with van der Waals surface area (Å²) in [6, 6.07) is 8.85. The van der Waals surface area contributed by atoms with Gasteiger partial charge in [0.05, 0.1) is 0 Å². The van der Waals surface area contributed by atoms with Gasteiger partial charge in [-0.2, -0.15) is 0 Å². The van der Waals surface area contributed by atoms with Gasteiger partial charge in [0, 0.05) is 23.8 Å². The molecule has 110 valence electrons. The van der Waals surface area contributed by atoms with Crippen LogP contribution in [0.5, 0.6) is 0 Å². The van der Waals surface area contributed by atoms with Gasteiger partial charge in [-0.05, 0) is 36.8 Å². The molecule has 0 heterocycles. The van der Waals surface area contributed by atoms with E-state index < -0.39 is 0 Å². The predicted molar refractivity (Wildman–Crippen MR) is 87.2 cm³/mol. The van der Waals surface area contributed by atoms with Crippen molar-refractivity contribution in [2.24, 2.45) is 5.92 Å². The molecular weight excluding hydrogens is 314 g/mol. The third-order valence-electron chi connectivity index (χ3n) is 4.39. The number of nitrogens with zero attached hydrogens (tertiary/aromatic N) is 1. The molecule has 0 radical (unpaired) electrons. The van der Waals surface area contributed by atoms with Crippen molar-refractivity contribution in [2.75, 3.05) is 11.9 Å². The Morgan fingerprint density at radius 3 is 2.25 bits per heavy atom. The quantitative estimate of drug-likeness (QED) is 0.722. The molecule has 0 atom stereocenters. The summed E-state index contributed by atoms with van der Waals surface area (Å²) in [4.78, 5) is 15.0. The van der Waals surface area contributed by atoms with Crippen molar-refractivity contribution in [1.82, 2.24) is 4.90 Å². The molecule has 3 heteroatoms. The molecule has 0 aliphatic heterocycles. The summed E-state index contributed by atoms with van der Waals surface area (Å²) in [6.07, 6.45) is 3.89. The van der Waals surface area contributed by atoms with Crippen LogP contribution in [-0.4, -0.2) is 28.7 Å². The van der Waals surface area contributed by atoms with Gasteiger partial charge in [-0.15, -0.1) is 0 Å². The SMILES string of the molecule is CCC(CC)N(CCBr)C(=O)C1Cc2ccccc2C1. The fraction of sp³-hybridized carbons (Fsp3) is 0.588. The first-order valence-electron chi connectivity index (χ1n) is 7.64. The van der Waals surface area contributed by atoms with E-state index in [1.54, 1.807) is 0 Å². The molecule has 0 fully saturated rings. The molecule has 1 aliphatic rings. The Hall–Kier alpha value is -0.830. The van der Waals surface area contributed by atoms with Gasteiger partial charge in [0.15, 0.2) is 0 Å². The van der Waals surface area contributed by atoms with Crippen molar-refractivity contribution >= 4 is 21.8 Å². The van der Waals surface area contributed by atoms with Gasteiger partial charge in [-0.3, -0.25) is 4.79 Å². The molecule has 1 aliphatic carbocycles. The lowest BCUT2D eigenvalue weighted by Gasteiger charge is -2.32. The lowest BCUT2D eigenvalue weighted by Crippen LogP contribution is -2.44. The van der Waals surface area contributed by atoms with Gasteiger partial charge in [-0.25, -0.2) is 0 Å². The van der Waals surface area contributed by atoms with Crippen LogP contribution in [-0.2, 0) is 17.6 Å². The van der Waals surface area contributed by atoms with Crippen LogP contribution in [0.15, 0.2) is 24.3 Å². The van der Waals surface area contributed by atoms with E-state index in [0.29, 0.717) is 11.9 Å². The summed E-state index contributed by atoms with van der Waals surface area (Å²) in [6.45, 7) is 5.16. The highest BCUT2D eigenvalue weighted by Gasteiger charge is 2.32. The third kappa shape index (κ3) is 3.25. The molecule has 20 heavy (non-hydrogen) atoms. The number of benzene rings is 1. The fourth-order valence-electron chi connectivity index (χ4n) is 3.26. The molecule has 0 spiro atoms. The van der Waals surface area contributed by atoms with E-state index in [2.05, 4.69) is 58.9 Å². The minimum Gasteiger partial charge on any atom is -0.339 e. The number of amides is 1. The maximum Gasteiger partial charge on any atom is 0.226 e. The van der Waals surface area contributed by atoms with Gasteiger partial charge in [0.1, 0.15) is 0 Å². The summed E-state index contributed by atoms with van der Waals surface area (Å²) < 4.78 is 0. The number of fused-ring (bicyclic) bond motifs is 1. The van der Waals surface area contributed by atoms with E-state index in [9.17, 15) is 4.79 Å². The second-order valence-electron chi connectivity index (χ2n) is 5.56. The maximum absolute atomic E-state index is 12.9. The Labute approximate surface area is 130 Å². The molecule has 2 nitrogen and oxygen atoms in total. The highest BCUT2D eigenvalue weighted by Crippen LogP contribution is 2.28. The summed E-state index contributed by atoms with van der Waals surface area (Å²) in [7, 11) is 0. The lowest BCUT2D eigenvalue weighted by molar-refractivity contribution is -0.137. The molecule has 1 aromatic rings. The smallest absolute Gasteiger partial charge is 0.226 e. The Bertz CT molecular complexity index is 431. The maximum atomic E-state index is 12.9. The summed E-state index contributed by atoms with van der Waals surface area (Å²) >= 11 is 3.49. The zero-order valence-electron chi connectivity index (χ0n) is 12.4. The van der Waals surface area contributed by atoms with Crippen molar-refractivity contribution in [1.29, 1.82) is 0 Å². The topological polar surface area (TPSA) is 20.3 Å². The molecule has 0 bridgehead atoms. The van der Waals surface area contributed by atoms with Crippen molar-refractivity contribution in [3.05, 3.63) is 35.4 Å². The molecule has 0 saturated heterocycles. The van der Waals surface area contributed by atoms with E-state index in [1.165, 1.54) is 11.1 Å². The molecule has 0 saturated carbocycles. The van der Waals surface area contributed by atoms with Crippen molar-refractivity contribution < 1.29 is 4.79 Å². The first-order chi connectivity index (χ1) is 9.71. The Balaban J connectivity index is 2.10. The average molecular weight is 338 g/mol. The zero-order valence-corrected chi connectivity index (χ0v) is 14.0. The van der Waals surface area contributed by atoms with Crippen molar-refractivity contribution in [3.63, 3.8) is 0 Å². The van der Waals surface area contributed by atoms with E-state index in [-0.39, 0.29) is 5.92 Å². The van der Waals surface area contributed by atoms with Gasteiger partial charge in [0.2, 0.25) is 5.91 Å². The summed E-state index contributed by atoms with van der Waals surface area (Å²) in [5.74, 6) is 0.487. The minimum absolute atomic E-state index is 0.145. The number of carbonyl (C=O) groups excluding carboxylic acids is 1. The zero-order chi connectivity index (χ0) is 14.5. The van der Waals surface area contributed by atoms with Crippen molar-refractivity contribution in [3.8, 4) is 0 Å². The molecule has 2 rings (SSSR count). The van der Waals surface area contributed by atoms with Crippen LogP contribution >= 0.6 is 15.9 Å². The minimum atomic E-state index is 0.145. The molecule has 1 aromatic carbocycles. The molecule has 0 aromatic heterocycles. The fourth-order valence-corrected chi connectivity index (χ4v) is 3.64. The monoisotopic (exact) mass is 337 g/mol. The van der Waals surface area contributed by atoms with Gasteiger partial charge >= 0.3 is 0 Å². The van der Waals surface area contributed by atoms with Gasteiger partial charge < -0.3 is 4.90 Å².